The number of hydrogen-bond donors (Lipinski definition) is 1. The van der Waals surface area contributed by atoms with Crippen molar-refractivity contribution in [2.24, 2.45) is 9.98 Å². The first-order valence-electron chi connectivity index (χ1n) is 18.4. The summed E-state index contributed by atoms with van der Waals surface area (Å²) < 4.78 is 15.5. The minimum Gasteiger partial charge on any atom is -0.456 e. The highest BCUT2D eigenvalue weighted by molar-refractivity contribution is 7.25. The molecule has 0 saturated carbocycles. The van der Waals surface area contributed by atoms with Gasteiger partial charge in [0.15, 0.2) is 6.17 Å². The first-order chi connectivity index (χ1) is 27.2. The van der Waals surface area contributed by atoms with Crippen molar-refractivity contribution in [3.05, 3.63) is 180 Å². The normalized spacial score (nSPS) is 14.7. The molecule has 4 heterocycles. The van der Waals surface area contributed by atoms with Gasteiger partial charge in [-0.25, -0.2) is 9.98 Å². The minimum atomic E-state index is -0.571. The zero-order chi connectivity index (χ0) is 36.0. The fourth-order valence-corrected chi connectivity index (χ4v) is 9.34. The van der Waals surface area contributed by atoms with Gasteiger partial charge in [-0.05, 0) is 82.6 Å². The average Bonchev–Trinajstić information content (AvgIpc) is 3.93. The van der Waals surface area contributed by atoms with E-state index in [4.69, 9.17) is 18.8 Å². The monoisotopic (exact) mass is 723 g/mol. The van der Waals surface area contributed by atoms with Crippen molar-refractivity contribution in [1.29, 1.82) is 0 Å². The van der Waals surface area contributed by atoms with Crippen LogP contribution in [0.4, 0.5) is 0 Å². The van der Waals surface area contributed by atoms with Crippen LogP contribution in [0.2, 0.25) is 0 Å². The van der Waals surface area contributed by atoms with Gasteiger partial charge in [0, 0.05) is 58.4 Å². The lowest BCUT2D eigenvalue weighted by Gasteiger charge is -2.23. The molecule has 55 heavy (non-hydrogen) atoms. The smallest absolute Gasteiger partial charge is 0.170 e. The van der Waals surface area contributed by atoms with Gasteiger partial charge in [-0.1, -0.05) is 103 Å². The van der Waals surface area contributed by atoms with E-state index in [1.807, 2.05) is 41.7 Å². The van der Waals surface area contributed by atoms with Crippen molar-refractivity contribution in [2.75, 3.05) is 0 Å². The SMILES string of the molecule is c1ccc2cc(C3=NC(c4cc(-c5ccc6sc7ccccc7c6c5)cc5oc6ccccc6c45)N=C(c4ccc5c(c4)oc4ccccc45)N3)ccc2c1. The minimum absolute atomic E-state index is 0.571. The molecule has 0 spiro atoms. The van der Waals surface area contributed by atoms with Gasteiger partial charge in [0.25, 0.3) is 0 Å². The molecule has 0 saturated heterocycles. The molecule has 0 aliphatic carbocycles. The Labute approximate surface area is 318 Å². The Kier molecular flexibility index (Phi) is 6.50. The van der Waals surface area contributed by atoms with Crippen molar-refractivity contribution in [2.45, 2.75) is 6.17 Å². The molecule has 12 rings (SSSR count). The van der Waals surface area contributed by atoms with Crippen LogP contribution in [0.5, 0.6) is 0 Å². The van der Waals surface area contributed by atoms with Crippen LogP contribution in [0.25, 0.3) is 85.9 Å². The van der Waals surface area contributed by atoms with Gasteiger partial charge in [0.1, 0.15) is 34.0 Å². The molecule has 1 N–H and O–H groups in total. The Hall–Kier alpha value is -7.02. The lowest BCUT2D eigenvalue weighted by atomic mass is 9.96. The van der Waals surface area contributed by atoms with E-state index in [1.54, 1.807) is 0 Å². The summed E-state index contributed by atoms with van der Waals surface area (Å²) in [5, 5.41) is 12.7. The molecule has 11 aromatic rings. The molecule has 6 heteroatoms. The van der Waals surface area contributed by atoms with E-state index in [-0.39, 0.29) is 0 Å². The molecule has 1 atom stereocenters. The van der Waals surface area contributed by atoms with Crippen LogP contribution >= 0.6 is 11.3 Å². The molecule has 0 radical (unpaired) electrons. The second-order valence-electron chi connectivity index (χ2n) is 14.2. The van der Waals surface area contributed by atoms with Gasteiger partial charge in [-0.3, -0.25) is 0 Å². The van der Waals surface area contributed by atoms with Crippen molar-refractivity contribution in [3.8, 4) is 11.1 Å². The van der Waals surface area contributed by atoms with Crippen LogP contribution < -0.4 is 5.32 Å². The third-order valence-corrected chi connectivity index (χ3v) is 12.1. The third-order valence-electron chi connectivity index (χ3n) is 10.9. The highest BCUT2D eigenvalue weighted by Gasteiger charge is 2.26. The highest BCUT2D eigenvalue weighted by atomic mass is 32.1. The van der Waals surface area contributed by atoms with Crippen molar-refractivity contribution in [3.63, 3.8) is 0 Å². The molecule has 5 nitrogen and oxygen atoms in total. The number of nitrogens with one attached hydrogen (secondary N) is 1. The summed E-state index contributed by atoms with van der Waals surface area (Å²) in [6.07, 6.45) is -0.571. The molecule has 1 aliphatic heterocycles. The maximum Gasteiger partial charge on any atom is 0.170 e. The van der Waals surface area contributed by atoms with Crippen molar-refractivity contribution >= 4 is 97.8 Å². The van der Waals surface area contributed by atoms with E-state index in [2.05, 4.69) is 139 Å². The summed E-state index contributed by atoms with van der Waals surface area (Å²) in [5.74, 6) is 1.48. The molecule has 8 aromatic carbocycles. The predicted octanol–water partition coefficient (Wildman–Crippen LogP) is 13.2. The number of aliphatic imine (C=N–C) groups is 2. The third kappa shape index (κ3) is 4.85. The first-order valence-corrected chi connectivity index (χ1v) is 19.2. The van der Waals surface area contributed by atoms with Gasteiger partial charge in [0.2, 0.25) is 0 Å². The van der Waals surface area contributed by atoms with Gasteiger partial charge >= 0.3 is 0 Å². The Morgan fingerprint density at radius 1 is 0.418 bits per heavy atom. The number of nitrogens with zero attached hydrogens (tertiary/aromatic N) is 2. The zero-order valence-corrected chi connectivity index (χ0v) is 30.1. The molecular formula is C49H29N3O2S. The number of thiophene rings is 1. The van der Waals surface area contributed by atoms with Crippen LogP contribution in [-0.4, -0.2) is 11.7 Å². The molecule has 0 bridgehead atoms. The van der Waals surface area contributed by atoms with Gasteiger partial charge in [0.05, 0.1) is 0 Å². The topological polar surface area (TPSA) is 63.0 Å². The molecular weight excluding hydrogens is 695 g/mol. The summed E-state index contributed by atoms with van der Waals surface area (Å²) in [7, 11) is 0. The summed E-state index contributed by atoms with van der Waals surface area (Å²) in [5.41, 5.74) is 8.39. The number of rotatable bonds is 4. The van der Waals surface area contributed by atoms with E-state index >= 15 is 0 Å². The lowest BCUT2D eigenvalue weighted by molar-refractivity contribution is 0.668. The van der Waals surface area contributed by atoms with Crippen LogP contribution in [0, 0.1) is 0 Å². The lowest BCUT2D eigenvalue weighted by Crippen LogP contribution is -2.36. The number of amidine groups is 2. The Balaban J connectivity index is 1.09. The van der Waals surface area contributed by atoms with E-state index in [1.165, 1.54) is 25.6 Å². The number of hydrogen-bond acceptors (Lipinski definition) is 6. The van der Waals surface area contributed by atoms with Gasteiger partial charge in [-0.15, -0.1) is 11.3 Å². The second kappa shape index (κ2) is 11.7. The number of furan rings is 2. The van der Waals surface area contributed by atoms with Crippen molar-refractivity contribution < 1.29 is 8.83 Å². The molecule has 3 aromatic heterocycles. The largest absolute Gasteiger partial charge is 0.456 e. The fraction of sp³-hybridized carbons (Fsp3) is 0.0204. The quantitative estimate of drug-likeness (QED) is 0.197. The summed E-state index contributed by atoms with van der Waals surface area (Å²) in [6.45, 7) is 0. The summed E-state index contributed by atoms with van der Waals surface area (Å²) in [6, 6.07) is 57.5. The predicted molar refractivity (Wildman–Crippen MR) is 229 cm³/mol. The van der Waals surface area contributed by atoms with Crippen LogP contribution in [-0.2, 0) is 0 Å². The maximum atomic E-state index is 6.61. The second-order valence-corrected chi connectivity index (χ2v) is 15.3. The molecule has 258 valence electrons. The Bertz CT molecular complexity index is 3440. The molecule has 1 unspecified atom stereocenters. The number of fused-ring (bicyclic) bond motifs is 10. The summed E-state index contributed by atoms with van der Waals surface area (Å²) >= 11 is 1.83. The van der Waals surface area contributed by atoms with Crippen molar-refractivity contribution in [1.82, 2.24) is 5.32 Å². The Morgan fingerprint density at radius 3 is 1.91 bits per heavy atom. The Morgan fingerprint density at radius 2 is 1.04 bits per heavy atom. The van der Waals surface area contributed by atoms with Gasteiger partial charge in [-0.2, -0.15) is 0 Å². The van der Waals surface area contributed by atoms with E-state index in [0.717, 1.165) is 88.8 Å². The number of benzene rings is 8. The van der Waals surface area contributed by atoms with E-state index in [9.17, 15) is 0 Å². The van der Waals surface area contributed by atoms with Crippen LogP contribution in [0.1, 0.15) is 22.9 Å². The van der Waals surface area contributed by atoms with Crippen LogP contribution in [0.3, 0.4) is 0 Å². The molecule has 0 amide bonds. The highest BCUT2D eigenvalue weighted by Crippen LogP contribution is 2.42. The average molecular weight is 724 g/mol. The summed E-state index contributed by atoms with van der Waals surface area (Å²) in [4.78, 5) is 10.8. The fourth-order valence-electron chi connectivity index (χ4n) is 8.25. The standard InChI is InChI=1S/C49H29N3O2S/c1-2-10-29-23-31(18-17-28(29)9-1)47-50-48(32-19-21-35-34-11-3-6-14-40(34)53-42(35)26-32)52-49(51-47)39-25-33(27-43-46(39)37-13-4-7-15-41(37)54-43)30-20-22-45-38(24-30)36-12-5-8-16-44(36)55-45/h1-27,49H,(H,50,51,52). The maximum absolute atomic E-state index is 6.61. The zero-order valence-electron chi connectivity index (χ0n) is 29.3. The molecule has 0 fully saturated rings. The molecule has 1 aliphatic rings. The van der Waals surface area contributed by atoms with Crippen LogP contribution in [0.15, 0.2) is 183 Å². The first kappa shape index (κ1) is 30.4. The van der Waals surface area contributed by atoms with E-state index in [0.29, 0.717) is 0 Å². The van der Waals surface area contributed by atoms with E-state index < -0.39 is 6.17 Å². The number of para-hydroxylation sites is 2. The van der Waals surface area contributed by atoms with Gasteiger partial charge < -0.3 is 14.2 Å².